The Morgan fingerprint density at radius 3 is 2.38 bits per heavy atom. The van der Waals surface area contributed by atoms with Crippen LogP contribution in [-0.4, -0.2) is 0 Å². The van der Waals surface area contributed by atoms with Crippen molar-refractivity contribution in [1.29, 1.82) is 0 Å². The largest absolute Gasteiger partial charge is 1.00 e. The zero-order chi connectivity index (χ0) is 13.9. The molecule has 3 rings (SSSR count). The van der Waals surface area contributed by atoms with Crippen LogP contribution in [0.3, 0.4) is 0 Å². The quantitative estimate of drug-likeness (QED) is 0.448. The lowest BCUT2D eigenvalue weighted by Crippen LogP contribution is -3.00. The first-order valence-electron chi connectivity index (χ1n) is 6.56. The van der Waals surface area contributed by atoms with Gasteiger partial charge in [-0.3, -0.25) is 0 Å². The zero-order valence-electron chi connectivity index (χ0n) is 11.6. The van der Waals surface area contributed by atoms with Crippen LogP contribution in [0.5, 0.6) is 0 Å². The Bertz CT molecular complexity index is 796. The number of halogens is 2. The highest BCUT2D eigenvalue weighted by atomic mass is 127. The van der Waals surface area contributed by atoms with Gasteiger partial charge in [-0.15, -0.1) is 0 Å². The maximum atomic E-state index is 6.17. The van der Waals surface area contributed by atoms with Crippen LogP contribution in [0.4, 0.5) is 0 Å². The number of pyridine rings is 1. The summed E-state index contributed by atoms with van der Waals surface area (Å²) in [5.41, 5.74) is 3.39. The summed E-state index contributed by atoms with van der Waals surface area (Å²) in [5.74, 6) is 0. The lowest BCUT2D eigenvalue weighted by atomic mass is 10.1. The number of rotatable bonds is 2. The van der Waals surface area contributed by atoms with Crippen molar-refractivity contribution in [2.75, 3.05) is 0 Å². The Labute approximate surface area is 146 Å². The number of para-hydroxylation sites is 1. The van der Waals surface area contributed by atoms with Gasteiger partial charge < -0.3 is 24.0 Å². The fourth-order valence-corrected chi connectivity index (χ4v) is 2.51. The van der Waals surface area contributed by atoms with Crippen molar-refractivity contribution in [3.05, 3.63) is 76.9 Å². The summed E-state index contributed by atoms with van der Waals surface area (Å²) in [7, 11) is 2.08. The monoisotopic (exact) mass is 407 g/mol. The number of aromatic nitrogens is 1. The van der Waals surface area contributed by atoms with Crippen LogP contribution < -0.4 is 28.5 Å². The molecule has 1 heterocycles. The van der Waals surface area contributed by atoms with Gasteiger partial charge in [-0.05, 0) is 29.8 Å². The third-order valence-corrected chi connectivity index (χ3v) is 3.80. The van der Waals surface area contributed by atoms with Crippen LogP contribution in [0.15, 0.2) is 60.7 Å². The molecule has 0 aliphatic carbocycles. The van der Waals surface area contributed by atoms with Gasteiger partial charge in [0.1, 0.15) is 7.05 Å². The maximum absolute atomic E-state index is 6.17. The summed E-state index contributed by atoms with van der Waals surface area (Å²) in [6.07, 6.45) is 4.14. The van der Waals surface area contributed by atoms with E-state index in [1.165, 1.54) is 10.9 Å². The molecule has 3 heteroatoms. The molecule has 21 heavy (non-hydrogen) atoms. The summed E-state index contributed by atoms with van der Waals surface area (Å²) in [5, 5.41) is 2.01. The van der Waals surface area contributed by atoms with Crippen LogP contribution in [0, 0.1) is 0 Å². The molecular formula is C18H15ClIN. The first-order chi connectivity index (χ1) is 9.75. The van der Waals surface area contributed by atoms with E-state index in [4.69, 9.17) is 11.6 Å². The van der Waals surface area contributed by atoms with Gasteiger partial charge in [0, 0.05) is 28.6 Å². The van der Waals surface area contributed by atoms with Crippen molar-refractivity contribution in [3.63, 3.8) is 0 Å². The van der Waals surface area contributed by atoms with Crippen LogP contribution in [-0.2, 0) is 7.05 Å². The number of aryl methyl sites for hydroxylation is 1. The van der Waals surface area contributed by atoms with E-state index in [9.17, 15) is 0 Å². The van der Waals surface area contributed by atoms with Crippen molar-refractivity contribution >= 4 is 34.7 Å². The van der Waals surface area contributed by atoms with Gasteiger partial charge in [0.2, 0.25) is 11.2 Å². The molecule has 0 fully saturated rings. The fourth-order valence-electron chi connectivity index (χ4n) is 2.31. The summed E-state index contributed by atoms with van der Waals surface area (Å²) >= 11 is 6.17. The standard InChI is InChI=1S/C18H15ClN.HI/c1-20-16(12-10-14-6-2-4-8-17(14)19)13-11-15-7-3-5-9-18(15)20;/h2-13H,1H3;1H/q+1;/p-1. The Morgan fingerprint density at radius 2 is 1.57 bits per heavy atom. The average molecular weight is 408 g/mol. The van der Waals surface area contributed by atoms with Gasteiger partial charge in [-0.25, -0.2) is 0 Å². The first-order valence-corrected chi connectivity index (χ1v) is 6.94. The number of nitrogens with zero attached hydrogens (tertiary/aromatic N) is 1. The van der Waals surface area contributed by atoms with E-state index >= 15 is 0 Å². The third kappa shape index (κ3) is 3.44. The van der Waals surface area contributed by atoms with Crippen LogP contribution in [0.2, 0.25) is 5.02 Å². The predicted octanol–water partition coefficient (Wildman–Crippen LogP) is 1.49. The Kier molecular flexibility index (Phi) is 5.37. The molecule has 2 aromatic carbocycles. The number of hydrogen-bond donors (Lipinski definition) is 0. The predicted molar refractivity (Wildman–Crippen MR) is 85.5 cm³/mol. The topological polar surface area (TPSA) is 3.88 Å². The van der Waals surface area contributed by atoms with Gasteiger partial charge in [0.05, 0.1) is 0 Å². The molecule has 0 amide bonds. The van der Waals surface area contributed by atoms with Crippen molar-refractivity contribution in [2.24, 2.45) is 7.05 Å². The van der Waals surface area contributed by atoms with Crippen molar-refractivity contribution in [1.82, 2.24) is 0 Å². The second-order valence-corrected chi connectivity index (χ2v) is 5.14. The Balaban J connectivity index is 0.00000161. The van der Waals surface area contributed by atoms with Gasteiger partial charge in [0.25, 0.3) is 0 Å². The number of hydrogen-bond acceptors (Lipinski definition) is 0. The van der Waals surface area contributed by atoms with Crippen LogP contribution in [0.25, 0.3) is 23.1 Å². The molecule has 0 N–H and O–H groups in total. The Hall–Kier alpha value is -1.39. The molecule has 0 unspecified atom stereocenters. The highest BCUT2D eigenvalue weighted by molar-refractivity contribution is 6.32. The van der Waals surface area contributed by atoms with Crippen molar-refractivity contribution in [2.45, 2.75) is 0 Å². The SMILES string of the molecule is C[n+]1c(C=Cc2ccccc2Cl)ccc2ccccc21.[I-]. The first kappa shape index (κ1) is 16.0. The van der Waals surface area contributed by atoms with E-state index in [1.54, 1.807) is 0 Å². The van der Waals surface area contributed by atoms with Crippen molar-refractivity contribution in [3.8, 4) is 0 Å². The molecule has 1 aromatic heterocycles. The fraction of sp³-hybridized carbons (Fsp3) is 0.0556. The molecule has 0 radical (unpaired) electrons. The van der Waals surface area contributed by atoms with Gasteiger partial charge in [-0.1, -0.05) is 41.9 Å². The van der Waals surface area contributed by atoms with Crippen molar-refractivity contribution < 1.29 is 28.5 Å². The van der Waals surface area contributed by atoms with E-state index in [1.807, 2.05) is 30.3 Å². The van der Waals surface area contributed by atoms with Crippen LogP contribution >= 0.6 is 11.6 Å². The second-order valence-electron chi connectivity index (χ2n) is 4.73. The minimum Gasteiger partial charge on any atom is -1.00 e. The smallest absolute Gasteiger partial charge is 0.212 e. The van der Waals surface area contributed by atoms with E-state index in [-0.39, 0.29) is 24.0 Å². The Morgan fingerprint density at radius 1 is 0.857 bits per heavy atom. The molecule has 3 aromatic rings. The minimum atomic E-state index is 0. The van der Waals surface area contributed by atoms with E-state index in [2.05, 4.69) is 54.1 Å². The summed E-state index contributed by atoms with van der Waals surface area (Å²) in [4.78, 5) is 0. The molecule has 0 spiro atoms. The number of benzene rings is 2. The van der Waals surface area contributed by atoms with E-state index in [0.29, 0.717) is 0 Å². The summed E-state index contributed by atoms with van der Waals surface area (Å²) in [6, 6.07) is 20.5. The van der Waals surface area contributed by atoms with Crippen LogP contribution in [0.1, 0.15) is 11.3 Å². The molecular weight excluding hydrogens is 393 g/mol. The molecule has 1 nitrogen and oxygen atoms in total. The maximum Gasteiger partial charge on any atom is 0.212 e. The molecule has 0 saturated heterocycles. The highest BCUT2D eigenvalue weighted by Crippen LogP contribution is 2.18. The molecule has 0 bridgehead atoms. The third-order valence-electron chi connectivity index (χ3n) is 3.46. The average Bonchev–Trinajstić information content (AvgIpc) is 2.48. The summed E-state index contributed by atoms with van der Waals surface area (Å²) in [6.45, 7) is 0. The summed E-state index contributed by atoms with van der Waals surface area (Å²) < 4.78 is 2.18. The van der Waals surface area contributed by atoms with Gasteiger partial charge in [0.15, 0.2) is 0 Å². The van der Waals surface area contributed by atoms with E-state index in [0.717, 1.165) is 16.3 Å². The van der Waals surface area contributed by atoms with Gasteiger partial charge in [-0.2, -0.15) is 4.57 Å². The molecule has 0 aliphatic heterocycles. The lowest BCUT2D eigenvalue weighted by Gasteiger charge is -2.00. The zero-order valence-corrected chi connectivity index (χ0v) is 14.5. The van der Waals surface area contributed by atoms with E-state index < -0.39 is 0 Å². The second kappa shape index (κ2) is 7.05. The lowest BCUT2D eigenvalue weighted by molar-refractivity contribution is -0.646. The molecule has 106 valence electrons. The normalized spacial score (nSPS) is 10.8. The minimum absolute atomic E-state index is 0. The number of fused-ring (bicyclic) bond motifs is 1. The molecule has 0 aliphatic rings. The molecule has 0 saturated carbocycles. The van der Waals surface area contributed by atoms with Gasteiger partial charge >= 0.3 is 0 Å². The molecule has 0 atom stereocenters. The highest BCUT2D eigenvalue weighted by Gasteiger charge is 2.08.